The van der Waals surface area contributed by atoms with E-state index in [2.05, 4.69) is 16.0 Å². The number of primary amides is 1. The second kappa shape index (κ2) is 14.2. The fourth-order valence-electron chi connectivity index (χ4n) is 2.83. The fourth-order valence-corrected chi connectivity index (χ4v) is 2.83. The third-order valence-electron chi connectivity index (χ3n) is 4.66. The molecule has 3 unspecified atom stereocenters. The van der Waals surface area contributed by atoms with Gasteiger partial charge in [-0.3, -0.25) is 24.0 Å². The number of aliphatic carboxylic acids is 2. The van der Waals surface area contributed by atoms with Crippen molar-refractivity contribution in [3.8, 4) is 0 Å². The van der Waals surface area contributed by atoms with Crippen molar-refractivity contribution in [2.24, 2.45) is 11.5 Å². The molecule has 0 saturated carbocycles. The van der Waals surface area contributed by atoms with E-state index in [4.69, 9.17) is 16.6 Å². The highest BCUT2D eigenvalue weighted by atomic mass is 16.4. The third-order valence-corrected chi connectivity index (χ3v) is 4.66. The molecule has 0 fully saturated rings. The number of rotatable bonds is 15. The molecule has 1 aromatic rings. The van der Waals surface area contributed by atoms with E-state index in [9.17, 15) is 33.9 Å². The van der Waals surface area contributed by atoms with E-state index in [0.29, 0.717) is 5.56 Å². The van der Waals surface area contributed by atoms with Crippen molar-refractivity contribution in [2.75, 3.05) is 6.54 Å². The second-order valence-corrected chi connectivity index (χ2v) is 7.47. The first-order chi connectivity index (χ1) is 16.0. The summed E-state index contributed by atoms with van der Waals surface area (Å²) >= 11 is 0. The number of carboxylic acids is 2. The van der Waals surface area contributed by atoms with Crippen LogP contribution in [0.1, 0.15) is 31.2 Å². The zero-order chi connectivity index (χ0) is 25.7. The van der Waals surface area contributed by atoms with Crippen molar-refractivity contribution in [2.45, 2.75) is 50.2 Å². The molecule has 1 rings (SSSR count). The van der Waals surface area contributed by atoms with E-state index in [1.54, 1.807) is 30.3 Å². The number of nitrogens with two attached hydrogens (primary N) is 2. The largest absolute Gasteiger partial charge is 0.481 e. The van der Waals surface area contributed by atoms with E-state index in [-0.39, 0.29) is 32.1 Å². The van der Waals surface area contributed by atoms with Gasteiger partial charge >= 0.3 is 11.9 Å². The molecule has 1 aromatic carbocycles. The number of carbonyl (C=O) groups is 6. The van der Waals surface area contributed by atoms with E-state index in [1.807, 2.05) is 0 Å². The topological polar surface area (TPSA) is 231 Å². The van der Waals surface area contributed by atoms with Gasteiger partial charge in [0.05, 0.1) is 12.6 Å². The summed E-state index contributed by atoms with van der Waals surface area (Å²) in [6, 6.07) is 4.91. The van der Waals surface area contributed by atoms with Gasteiger partial charge < -0.3 is 37.6 Å². The molecule has 0 aromatic heterocycles. The Morgan fingerprint density at radius 2 is 1.50 bits per heavy atom. The van der Waals surface area contributed by atoms with Crippen LogP contribution in [0.4, 0.5) is 0 Å². The third kappa shape index (κ3) is 11.0. The van der Waals surface area contributed by atoms with Crippen LogP contribution in [0.15, 0.2) is 30.3 Å². The summed E-state index contributed by atoms with van der Waals surface area (Å²) < 4.78 is 0. The minimum absolute atomic E-state index is 0.0292. The highest BCUT2D eigenvalue weighted by Crippen LogP contribution is 2.04. The quantitative estimate of drug-likeness (QED) is 0.145. The highest BCUT2D eigenvalue weighted by Gasteiger charge is 2.26. The summed E-state index contributed by atoms with van der Waals surface area (Å²) in [4.78, 5) is 70.1. The zero-order valence-corrected chi connectivity index (χ0v) is 18.4. The molecule has 0 saturated heterocycles. The van der Waals surface area contributed by atoms with Crippen LogP contribution >= 0.6 is 0 Å². The minimum Gasteiger partial charge on any atom is -0.481 e. The first kappa shape index (κ1) is 28.0. The molecule has 0 radical (unpaired) electrons. The maximum atomic E-state index is 12.5. The molecule has 4 amide bonds. The van der Waals surface area contributed by atoms with Crippen LogP contribution in [0.2, 0.25) is 0 Å². The lowest BCUT2D eigenvalue weighted by atomic mass is 10.1. The number of amides is 4. The molecule has 0 bridgehead atoms. The van der Waals surface area contributed by atoms with Crippen LogP contribution in [0.25, 0.3) is 0 Å². The lowest BCUT2D eigenvalue weighted by molar-refractivity contribution is -0.141. The number of nitrogens with one attached hydrogen (secondary N) is 3. The van der Waals surface area contributed by atoms with Crippen LogP contribution in [0, 0.1) is 0 Å². The van der Waals surface area contributed by atoms with Gasteiger partial charge in [-0.25, -0.2) is 4.79 Å². The molecular formula is C21H29N5O8. The average molecular weight is 479 g/mol. The van der Waals surface area contributed by atoms with Gasteiger partial charge in [-0.15, -0.1) is 0 Å². The maximum Gasteiger partial charge on any atom is 0.326 e. The van der Waals surface area contributed by atoms with E-state index in [0.717, 1.165) is 0 Å². The van der Waals surface area contributed by atoms with Crippen molar-refractivity contribution >= 4 is 35.6 Å². The van der Waals surface area contributed by atoms with Gasteiger partial charge in [0.15, 0.2) is 0 Å². The molecule has 0 aliphatic heterocycles. The lowest BCUT2D eigenvalue weighted by Crippen LogP contribution is -2.53. The first-order valence-corrected chi connectivity index (χ1v) is 10.4. The fraction of sp³-hybridized carbons (Fsp3) is 0.429. The SMILES string of the molecule is NC(=O)CCC(NC(=O)C(N)CCC(=O)O)C(=O)NCC(=O)NC(Cc1ccccc1)C(=O)O. The van der Waals surface area contributed by atoms with Crippen LogP contribution in [0.5, 0.6) is 0 Å². The number of hydrogen-bond acceptors (Lipinski definition) is 7. The Balaban J connectivity index is 2.68. The molecule has 0 aliphatic carbocycles. The standard InChI is InChI=1S/C21H29N5O8/c22-13(6-9-18(29)30)19(31)26-14(7-8-16(23)27)20(32)24-11-17(28)25-15(21(33)34)10-12-4-2-1-3-5-12/h1-5,13-15H,6-11,22H2,(H2,23,27)(H,24,32)(H,25,28)(H,26,31)(H,29,30)(H,33,34). The normalized spacial score (nSPS) is 13.1. The lowest BCUT2D eigenvalue weighted by Gasteiger charge is -2.20. The minimum atomic E-state index is -1.27. The number of benzene rings is 1. The van der Waals surface area contributed by atoms with Crippen LogP contribution in [-0.2, 0) is 35.2 Å². The van der Waals surface area contributed by atoms with E-state index < -0.39 is 60.2 Å². The summed E-state index contributed by atoms with van der Waals surface area (Å²) in [5.74, 6) is -5.57. The van der Waals surface area contributed by atoms with Gasteiger partial charge in [0, 0.05) is 19.3 Å². The molecule has 0 spiro atoms. The summed E-state index contributed by atoms with van der Waals surface area (Å²) in [5, 5.41) is 24.9. The summed E-state index contributed by atoms with van der Waals surface area (Å²) in [5.41, 5.74) is 11.4. The molecule has 34 heavy (non-hydrogen) atoms. The predicted octanol–water partition coefficient (Wildman–Crippen LogP) is -2.14. The van der Waals surface area contributed by atoms with E-state index in [1.165, 1.54) is 0 Å². The van der Waals surface area contributed by atoms with Gasteiger partial charge in [0.2, 0.25) is 23.6 Å². The van der Waals surface area contributed by atoms with Crippen LogP contribution in [-0.4, -0.2) is 70.5 Å². The van der Waals surface area contributed by atoms with Gasteiger partial charge in [-0.2, -0.15) is 0 Å². The van der Waals surface area contributed by atoms with Gasteiger partial charge in [0.1, 0.15) is 12.1 Å². The molecular weight excluding hydrogens is 450 g/mol. The Hall–Kier alpha value is -4.00. The second-order valence-electron chi connectivity index (χ2n) is 7.47. The van der Waals surface area contributed by atoms with Gasteiger partial charge in [0.25, 0.3) is 0 Å². The molecule has 13 nitrogen and oxygen atoms in total. The summed E-state index contributed by atoms with van der Waals surface area (Å²) in [6.07, 6.45) is -0.952. The molecule has 186 valence electrons. The van der Waals surface area contributed by atoms with Crippen molar-refractivity contribution in [3.63, 3.8) is 0 Å². The smallest absolute Gasteiger partial charge is 0.326 e. The Kier molecular flexibility index (Phi) is 11.7. The Labute approximate surface area is 195 Å². The van der Waals surface area contributed by atoms with Crippen molar-refractivity contribution in [3.05, 3.63) is 35.9 Å². The van der Waals surface area contributed by atoms with Crippen molar-refractivity contribution in [1.29, 1.82) is 0 Å². The Bertz CT molecular complexity index is 892. The average Bonchev–Trinajstić information content (AvgIpc) is 2.78. The maximum absolute atomic E-state index is 12.5. The molecule has 9 N–H and O–H groups in total. The van der Waals surface area contributed by atoms with E-state index >= 15 is 0 Å². The van der Waals surface area contributed by atoms with Crippen molar-refractivity contribution in [1.82, 2.24) is 16.0 Å². The molecule has 0 aliphatic rings. The molecule has 13 heteroatoms. The highest BCUT2D eigenvalue weighted by molar-refractivity contribution is 5.93. The molecule has 3 atom stereocenters. The number of carbonyl (C=O) groups excluding carboxylic acids is 4. The first-order valence-electron chi connectivity index (χ1n) is 10.4. The summed E-state index contributed by atoms with van der Waals surface area (Å²) in [6.45, 7) is -0.592. The van der Waals surface area contributed by atoms with Crippen molar-refractivity contribution < 1.29 is 39.0 Å². The number of carboxylic acid groups (broad SMARTS) is 2. The van der Waals surface area contributed by atoms with Crippen LogP contribution < -0.4 is 27.4 Å². The molecule has 0 heterocycles. The van der Waals surface area contributed by atoms with Crippen LogP contribution in [0.3, 0.4) is 0 Å². The monoisotopic (exact) mass is 479 g/mol. The summed E-state index contributed by atoms with van der Waals surface area (Å²) in [7, 11) is 0. The zero-order valence-electron chi connectivity index (χ0n) is 18.4. The van der Waals surface area contributed by atoms with Gasteiger partial charge in [-0.1, -0.05) is 30.3 Å². The number of hydrogen-bond donors (Lipinski definition) is 7. The Morgan fingerprint density at radius 3 is 2.06 bits per heavy atom. The predicted molar refractivity (Wildman–Crippen MR) is 118 cm³/mol. The van der Waals surface area contributed by atoms with Gasteiger partial charge in [-0.05, 0) is 18.4 Å². The Morgan fingerprint density at radius 1 is 0.853 bits per heavy atom.